The lowest BCUT2D eigenvalue weighted by atomic mass is 9.61. The van der Waals surface area contributed by atoms with E-state index in [-0.39, 0.29) is 11.3 Å². The molecule has 0 radical (unpaired) electrons. The van der Waals surface area contributed by atoms with Gasteiger partial charge in [-0.2, -0.15) is 0 Å². The summed E-state index contributed by atoms with van der Waals surface area (Å²) in [4.78, 5) is 20.0. The molecule has 4 aromatic rings. The van der Waals surface area contributed by atoms with E-state index in [9.17, 15) is 4.79 Å². The number of nitrogens with one attached hydrogen (secondary N) is 1. The number of amides is 1. The van der Waals surface area contributed by atoms with Gasteiger partial charge in [0.1, 0.15) is 23.9 Å². The number of benzene rings is 2. The Labute approximate surface area is 258 Å². The summed E-state index contributed by atoms with van der Waals surface area (Å²) in [5, 5.41) is 3.60. The fraction of sp³-hybridized carbons (Fsp3) is 0.243. The van der Waals surface area contributed by atoms with Gasteiger partial charge in [-0.3, -0.25) is 9.78 Å². The average molecular weight is 585 g/mol. The summed E-state index contributed by atoms with van der Waals surface area (Å²) in [6.07, 6.45) is 20.6. The van der Waals surface area contributed by atoms with E-state index in [1.165, 1.54) is 0 Å². The predicted molar refractivity (Wildman–Crippen MR) is 171 cm³/mol. The number of hydrogen-bond acceptors (Lipinski definition) is 5. The molecule has 7 heteroatoms. The van der Waals surface area contributed by atoms with Crippen molar-refractivity contribution in [2.75, 3.05) is 13.1 Å². The van der Waals surface area contributed by atoms with Crippen molar-refractivity contribution in [3.8, 4) is 17.2 Å². The second kappa shape index (κ2) is 12.3. The summed E-state index contributed by atoms with van der Waals surface area (Å²) in [7, 11) is 0. The predicted octanol–water partition coefficient (Wildman–Crippen LogP) is 7.07. The van der Waals surface area contributed by atoms with E-state index >= 15 is 0 Å². The van der Waals surface area contributed by atoms with Crippen LogP contribution in [0.25, 0.3) is 5.69 Å². The zero-order valence-corrected chi connectivity index (χ0v) is 24.7. The zero-order chi connectivity index (χ0) is 29.8. The van der Waals surface area contributed by atoms with Crippen LogP contribution >= 0.6 is 0 Å². The molecule has 1 saturated carbocycles. The van der Waals surface area contributed by atoms with Gasteiger partial charge in [-0.05, 0) is 91.4 Å². The van der Waals surface area contributed by atoms with Gasteiger partial charge in [0.25, 0.3) is 5.91 Å². The maximum atomic E-state index is 13.9. The van der Waals surface area contributed by atoms with E-state index in [4.69, 9.17) is 9.47 Å². The third kappa shape index (κ3) is 5.41. The molecule has 2 fully saturated rings. The fourth-order valence-corrected chi connectivity index (χ4v) is 6.46. The number of ether oxygens (including phenoxy) is 2. The molecule has 1 amide bonds. The topological polar surface area (TPSA) is 68.6 Å². The van der Waals surface area contributed by atoms with Crippen LogP contribution in [-0.2, 0) is 12.0 Å². The van der Waals surface area contributed by atoms with Crippen LogP contribution in [0.15, 0.2) is 127 Å². The highest BCUT2D eigenvalue weighted by Gasteiger charge is 2.46. The maximum absolute atomic E-state index is 13.9. The molecule has 7 rings (SSSR count). The lowest BCUT2D eigenvalue weighted by molar-refractivity contribution is 0.0792. The molecule has 2 aromatic heterocycles. The smallest absolute Gasteiger partial charge is 0.255 e. The highest BCUT2D eigenvalue weighted by atomic mass is 16.5. The van der Waals surface area contributed by atoms with Gasteiger partial charge < -0.3 is 24.3 Å². The molecule has 1 aliphatic carbocycles. The van der Waals surface area contributed by atoms with Crippen LogP contribution in [-0.4, -0.2) is 33.4 Å². The van der Waals surface area contributed by atoms with Gasteiger partial charge in [0.15, 0.2) is 0 Å². The van der Waals surface area contributed by atoms with Crippen molar-refractivity contribution in [3.63, 3.8) is 0 Å². The average Bonchev–Trinajstić information content (AvgIpc) is 3.74. The Morgan fingerprint density at radius 1 is 0.886 bits per heavy atom. The first-order chi connectivity index (χ1) is 21.7. The summed E-state index contributed by atoms with van der Waals surface area (Å²) in [5.74, 6) is 2.35. The van der Waals surface area contributed by atoms with E-state index in [0.717, 1.165) is 90.5 Å². The molecular weight excluding hydrogens is 548 g/mol. The molecule has 0 atom stereocenters. The Morgan fingerprint density at radius 2 is 1.70 bits per heavy atom. The molecule has 0 unspecified atom stereocenters. The Bertz CT molecular complexity index is 1700. The highest BCUT2D eigenvalue weighted by Crippen LogP contribution is 2.52. The van der Waals surface area contributed by atoms with Crippen molar-refractivity contribution in [2.45, 2.75) is 44.1 Å². The Hall–Kier alpha value is -5.04. The largest absolute Gasteiger partial charge is 0.487 e. The summed E-state index contributed by atoms with van der Waals surface area (Å²) < 4.78 is 14.6. The SMILES string of the molecule is O=C(c1cccc(C2(C3=C(Oc4ccc(COc5cccnc5)cc4)C=CC=CN3)CCC2)c1-n1cccc1)N1CCCC1. The molecule has 3 aliphatic rings. The van der Waals surface area contributed by atoms with E-state index in [2.05, 4.69) is 20.9 Å². The van der Waals surface area contributed by atoms with E-state index < -0.39 is 0 Å². The number of carbonyl (C=O) groups is 1. The Morgan fingerprint density at radius 3 is 2.43 bits per heavy atom. The van der Waals surface area contributed by atoms with Crippen LogP contribution in [0.2, 0.25) is 0 Å². The standard InChI is InChI=1S/C37H36N4O3/c42-36(41-24-5-6-25-41)31-11-7-12-32(34(31)40-22-3-4-23-40)37(18-9-19-37)35-33(13-1-2-21-39-35)44-29-16-14-28(15-17-29)27-43-30-10-8-20-38-26-30/h1-4,7-8,10-17,20-23,26,39H,5-6,9,18-19,24-25,27H2. The van der Waals surface area contributed by atoms with Gasteiger partial charge in [0, 0.05) is 43.3 Å². The van der Waals surface area contributed by atoms with Gasteiger partial charge >= 0.3 is 0 Å². The third-order valence-electron chi connectivity index (χ3n) is 8.84. The molecule has 4 heterocycles. The minimum Gasteiger partial charge on any atom is -0.487 e. The summed E-state index contributed by atoms with van der Waals surface area (Å²) in [6, 6.07) is 22.0. The second-order valence-corrected chi connectivity index (χ2v) is 11.6. The first kappa shape index (κ1) is 27.8. The third-order valence-corrected chi connectivity index (χ3v) is 8.84. The second-order valence-electron chi connectivity index (χ2n) is 11.6. The van der Waals surface area contributed by atoms with Crippen molar-refractivity contribution >= 4 is 5.91 Å². The molecule has 222 valence electrons. The van der Waals surface area contributed by atoms with Gasteiger partial charge in [0.05, 0.1) is 23.1 Å². The van der Waals surface area contributed by atoms with E-state index in [0.29, 0.717) is 6.61 Å². The van der Waals surface area contributed by atoms with Crippen molar-refractivity contribution < 1.29 is 14.3 Å². The van der Waals surface area contributed by atoms with Crippen LogP contribution in [0.3, 0.4) is 0 Å². The molecule has 0 bridgehead atoms. The molecule has 1 N–H and O–H groups in total. The molecule has 1 saturated heterocycles. The van der Waals surface area contributed by atoms with E-state index in [1.807, 2.05) is 102 Å². The van der Waals surface area contributed by atoms with Crippen molar-refractivity contribution in [3.05, 3.63) is 144 Å². The number of carbonyl (C=O) groups excluding carboxylic acids is 1. The quantitative estimate of drug-likeness (QED) is 0.228. The molecule has 44 heavy (non-hydrogen) atoms. The molecule has 2 aromatic carbocycles. The van der Waals surface area contributed by atoms with Crippen molar-refractivity contribution in [1.29, 1.82) is 0 Å². The lowest BCUT2D eigenvalue weighted by Crippen LogP contribution is -2.43. The number of hydrogen-bond donors (Lipinski definition) is 1. The summed E-state index contributed by atoms with van der Waals surface area (Å²) >= 11 is 0. The first-order valence-corrected chi connectivity index (χ1v) is 15.4. The zero-order valence-electron chi connectivity index (χ0n) is 24.7. The van der Waals surface area contributed by atoms with Gasteiger partial charge in [0.2, 0.25) is 0 Å². The summed E-state index contributed by atoms with van der Waals surface area (Å²) in [6.45, 7) is 2.07. The minimum absolute atomic E-state index is 0.106. The number of pyridine rings is 1. The van der Waals surface area contributed by atoms with Crippen LogP contribution < -0.4 is 14.8 Å². The minimum atomic E-state index is -0.341. The Kier molecular flexibility index (Phi) is 7.76. The molecule has 7 nitrogen and oxygen atoms in total. The molecular formula is C37H36N4O3. The normalized spacial score (nSPS) is 17.1. The number of para-hydroxylation sites is 1. The van der Waals surface area contributed by atoms with Crippen LogP contribution in [0.5, 0.6) is 11.5 Å². The van der Waals surface area contributed by atoms with Crippen molar-refractivity contribution in [1.82, 2.24) is 19.8 Å². The number of rotatable bonds is 9. The number of allylic oxidation sites excluding steroid dienone is 4. The maximum Gasteiger partial charge on any atom is 0.255 e. The Balaban J connectivity index is 1.24. The molecule has 2 aliphatic heterocycles. The first-order valence-electron chi connectivity index (χ1n) is 15.4. The fourth-order valence-electron chi connectivity index (χ4n) is 6.46. The number of likely N-dealkylation sites (tertiary alicyclic amines) is 1. The van der Waals surface area contributed by atoms with Crippen molar-refractivity contribution in [2.24, 2.45) is 0 Å². The van der Waals surface area contributed by atoms with Crippen LogP contribution in [0, 0.1) is 0 Å². The van der Waals surface area contributed by atoms with Gasteiger partial charge in [-0.15, -0.1) is 0 Å². The molecule has 0 spiro atoms. The monoisotopic (exact) mass is 584 g/mol. The van der Waals surface area contributed by atoms with E-state index in [1.54, 1.807) is 12.4 Å². The van der Waals surface area contributed by atoms with Crippen LogP contribution in [0.4, 0.5) is 0 Å². The number of nitrogens with zero attached hydrogens (tertiary/aromatic N) is 3. The van der Waals surface area contributed by atoms with Gasteiger partial charge in [-0.1, -0.05) is 36.8 Å². The number of aromatic nitrogens is 2. The highest BCUT2D eigenvalue weighted by molar-refractivity contribution is 5.98. The van der Waals surface area contributed by atoms with Gasteiger partial charge in [-0.25, -0.2) is 0 Å². The summed E-state index contributed by atoms with van der Waals surface area (Å²) in [5.41, 5.74) is 4.55. The van der Waals surface area contributed by atoms with Crippen LogP contribution in [0.1, 0.15) is 53.6 Å². The lowest BCUT2D eigenvalue weighted by Gasteiger charge is -2.46.